The minimum absolute atomic E-state index is 0.149. The van der Waals surface area contributed by atoms with Gasteiger partial charge in [0.05, 0.1) is 23.7 Å². The van der Waals surface area contributed by atoms with Crippen molar-refractivity contribution in [1.82, 2.24) is 24.3 Å². The van der Waals surface area contributed by atoms with Gasteiger partial charge < -0.3 is 5.32 Å². The minimum Gasteiger partial charge on any atom is -0.324 e. The molecule has 3 heterocycles. The maximum absolute atomic E-state index is 12.4. The number of anilines is 1. The average molecular weight is 348 g/mol. The van der Waals surface area contributed by atoms with Crippen LogP contribution >= 0.6 is 0 Å². The van der Waals surface area contributed by atoms with Crippen LogP contribution in [-0.2, 0) is 18.4 Å². The highest BCUT2D eigenvalue weighted by Crippen LogP contribution is 2.20. The van der Waals surface area contributed by atoms with Gasteiger partial charge in [-0.25, -0.2) is 4.98 Å². The van der Waals surface area contributed by atoms with Crippen LogP contribution in [0, 0.1) is 0 Å². The van der Waals surface area contributed by atoms with Crippen molar-refractivity contribution in [2.45, 2.75) is 13.0 Å². The molecular weight excluding hydrogens is 332 g/mol. The Morgan fingerprint density at radius 1 is 1.19 bits per heavy atom. The Bertz CT molecular complexity index is 1170. The number of carbonyl (C=O) groups excluding carboxylic acids is 1. The molecule has 0 fully saturated rings. The Labute approximate surface area is 148 Å². The van der Waals surface area contributed by atoms with Gasteiger partial charge in [-0.3, -0.25) is 23.8 Å². The van der Waals surface area contributed by atoms with Crippen LogP contribution in [0.3, 0.4) is 0 Å². The summed E-state index contributed by atoms with van der Waals surface area (Å²) in [6.45, 7) is 0.237. The first-order valence-electron chi connectivity index (χ1n) is 8.14. The number of hydrogen-bond acceptors (Lipinski definition) is 5. The molecule has 0 atom stereocenters. The van der Waals surface area contributed by atoms with Crippen LogP contribution in [0.1, 0.15) is 6.42 Å². The van der Waals surface area contributed by atoms with Gasteiger partial charge in [-0.1, -0.05) is 18.2 Å². The molecule has 8 heteroatoms. The van der Waals surface area contributed by atoms with Gasteiger partial charge in [-0.15, -0.1) is 0 Å². The summed E-state index contributed by atoms with van der Waals surface area (Å²) in [5.74, 6) is -0.193. The minimum atomic E-state index is -0.206. The van der Waals surface area contributed by atoms with E-state index in [1.165, 1.54) is 17.1 Å². The molecule has 0 saturated carbocycles. The van der Waals surface area contributed by atoms with Crippen molar-refractivity contribution >= 4 is 33.5 Å². The molecule has 0 unspecified atom stereocenters. The highest BCUT2D eigenvalue weighted by molar-refractivity contribution is 6.00. The molecule has 3 aromatic heterocycles. The Morgan fingerprint density at radius 2 is 2.04 bits per heavy atom. The first-order chi connectivity index (χ1) is 12.6. The summed E-state index contributed by atoms with van der Waals surface area (Å²) in [5, 5.41) is 8.28. The fourth-order valence-corrected chi connectivity index (χ4v) is 2.87. The summed E-state index contributed by atoms with van der Waals surface area (Å²) in [6.07, 6.45) is 4.77. The van der Waals surface area contributed by atoms with Crippen molar-refractivity contribution in [2.24, 2.45) is 7.05 Å². The van der Waals surface area contributed by atoms with Gasteiger partial charge in [0.15, 0.2) is 5.65 Å². The lowest BCUT2D eigenvalue weighted by Crippen LogP contribution is -2.23. The molecule has 1 N–H and O–H groups in total. The third kappa shape index (κ3) is 2.81. The van der Waals surface area contributed by atoms with Crippen LogP contribution in [0.2, 0.25) is 0 Å². The third-order valence-corrected chi connectivity index (χ3v) is 4.20. The van der Waals surface area contributed by atoms with Gasteiger partial charge in [0.2, 0.25) is 5.91 Å². The number of hydrogen-bond donors (Lipinski definition) is 1. The van der Waals surface area contributed by atoms with Gasteiger partial charge in [-0.2, -0.15) is 5.10 Å². The van der Waals surface area contributed by atoms with Crippen LogP contribution in [0.25, 0.3) is 21.9 Å². The fraction of sp³-hybridized carbons (Fsp3) is 0.167. The summed E-state index contributed by atoms with van der Waals surface area (Å²) in [4.78, 5) is 33.3. The number of nitrogens with one attached hydrogen (secondary N) is 1. The zero-order valence-electron chi connectivity index (χ0n) is 14.1. The highest BCUT2D eigenvalue weighted by atomic mass is 16.2. The highest BCUT2D eigenvalue weighted by Gasteiger charge is 2.10. The Kier molecular flexibility index (Phi) is 3.92. The van der Waals surface area contributed by atoms with E-state index in [4.69, 9.17) is 0 Å². The summed E-state index contributed by atoms with van der Waals surface area (Å²) >= 11 is 0. The predicted octanol–water partition coefficient (Wildman–Crippen LogP) is 1.71. The largest absolute Gasteiger partial charge is 0.324 e. The second kappa shape index (κ2) is 6.40. The number of pyridine rings is 1. The summed E-state index contributed by atoms with van der Waals surface area (Å²) in [5.41, 5.74) is 1.71. The molecule has 1 amide bonds. The number of fused-ring (bicyclic) bond motifs is 2. The lowest BCUT2D eigenvalue weighted by molar-refractivity contribution is -0.116. The molecule has 4 aromatic rings. The van der Waals surface area contributed by atoms with Gasteiger partial charge >= 0.3 is 0 Å². The number of aromatic nitrogens is 5. The van der Waals surface area contributed by atoms with Gasteiger partial charge in [0.1, 0.15) is 5.39 Å². The molecule has 0 radical (unpaired) electrons. The maximum atomic E-state index is 12.4. The molecule has 8 nitrogen and oxygen atoms in total. The van der Waals surface area contributed by atoms with Gasteiger partial charge in [-0.05, 0) is 12.1 Å². The molecule has 0 spiro atoms. The topological polar surface area (TPSA) is 94.7 Å². The number of benzene rings is 1. The molecule has 1 aromatic carbocycles. The van der Waals surface area contributed by atoms with Gasteiger partial charge in [0, 0.05) is 31.6 Å². The predicted molar refractivity (Wildman–Crippen MR) is 97.8 cm³/mol. The normalized spacial score (nSPS) is 11.1. The van der Waals surface area contributed by atoms with E-state index in [-0.39, 0.29) is 24.4 Å². The first kappa shape index (κ1) is 15.9. The number of nitrogens with zero attached hydrogens (tertiary/aromatic N) is 5. The van der Waals surface area contributed by atoms with Crippen molar-refractivity contribution in [3.05, 3.63) is 59.4 Å². The summed E-state index contributed by atoms with van der Waals surface area (Å²) in [6, 6.07) is 9.40. The van der Waals surface area contributed by atoms with Crippen LogP contribution in [-0.4, -0.2) is 30.2 Å². The standard InChI is InChI=1S/C18H16N6O2/c1-23-17-13(10-21-23)18(26)24(11-20-17)9-7-15(25)22-14-6-2-4-12-5-3-8-19-16(12)14/h2-6,8,10-11H,7,9H2,1H3,(H,22,25). The second-order valence-electron chi connectivity index (χ2n) is 5.93. The van der Waals surface area contributed by atoms with E-state index in [1.807, 2.05) is 30.3 Å². The molecule has 0 saturated heterocycles. The Morgan fingerprint density at radius 3 is 2.92 bits per heavy atom. The van der Waals surface area contributed by atoms with E-state index in [9.17, 15) is 9.59 Å². The van der Waals surface area contributed by atoms with Crippen LogP contribution in [0.15, 0.2) is 53.8 Å². The maximum Gasteiger partial charge on any atom is 0.264 e. The Hall–Kier alpha value is -3.55. The van der Waals surface area contributed by atoms with E-state index in [0.717, 1.165) is 10.9 Å². The van der Waals surface area contributed by atoms with Crippen molar-refractivity contribution in [1.29, 1.82) is 0 Å². The monoisotopic (exact) mass is 348 g/mol. The molecule has 130 valence electrons. The van der Waals surface area contributed by atoms with Crippen LogP contribution in [0.4, 0.5) is 5.69 Å². The van der Waals surface area contributed by atoms with E-state index in [2.05, 4.69) is 20.4 Å². The summed E-state index contributed by atoms with van der Waals surface area (Å²) in [7, 11) is 1.73. The lowest BCUT2D eigenvalue weighted by Gasteiger charge is -2.09. The van der Waals surface area contributed by atoms with Crippen molar-refractivity contribution in [3.63, 3.8) is 0 Å². The summed E-state index contributed by atoms with van der Waals surface area (Å²) < 4.78 is 2.96. The van der Waals surface area contributed by atoms with Crippen LogP contribution < -0.4 is 10.9 Å². The smallest absolute Gasteiger partial charge is 0.264 e. The molecule has 0 bridgehead atoms. The first-order valence-corrected chi connectivity index (χ1v) is 8.14. The SMILES string of the molecule is Cn1ncc2c(=O)n(CCC(=O)Nc3cccc4cccnc34)cnc21. The average Bonchev–Trinajstić information content (AvgIpc) is 3.03. The van der Waals surface area contributed by atoms with E-state index >= 15 is 0 Å². The molecule has 26 heavy (non-hydrogen) atoms. The van der Waals surface area contributed by atoms with Crippen LogP contribution in [0.5, 0.6) is 0 Å². The molecule has 0 aliphatic carbocycles. The Balaban J connectivity index is 1.51. The lowest BCUT2D eigenvalue weighted by atomic mass is 10.2. The number of aryl methyl sites for hydroxylation is 2. The number of amides is 1. The van der Waals surface area contributed by atoms with E-state index in [0.29, 0.717) is 16.7 Å². The van der Waals surface area contributed by atoms with E-state index in [1.54, 1.807) is 17.9 Å². The van der Waals surface area contributed by atoms with Gasteiger partial charge in [0.25, 0.3) is 5.56 Å². The second-order valence-corrected chi connectivity index (χ2v) is 5.93. The van der Waals surface area contributed by atoms with Crippen molar-refractivity contribution in [2.75, 3.05) is 5.32 Å². The molecule has 0 aliphatic rings. The van der Waals surface area contributed by atoms with Crippen molar-refractivity contribution in [3.8, 4) is 0 Å². The zero-order chi connectivity index (χ0) is 18.1. The zero-order valence-corrected chi connectivity index (χ0v) is 14.1. The number of carbonyl (C=O) groups is 1. The van der Waals surface area contributed by atoms with E-state index < -0.39 is 0 Å². The molecular formula is C18H16N6O2. The fourth-order valence-electron chi connectivity index (χ4n) is 2.87. The third-order valence-electron chi connectivity index (χ3n) is 4.20. The molecule has 0 aliphatic heterocycles. The number of rotatable bonds is 4. The number of para-hydroxylation sites is 1. The van der Waals surface area contributed by atoms with Crippen molar-refractivity contribution < 1.29 is 4.79 Å². The molecule has 4 rings (SSSR count). The quantitative estimate of drug-likeness (QED) is 0.606.